The molecule has 0 fully saturated rings. The number of aromatic amines is 1. The lowest BCUT2D eigenvalue weighted by atomic mass is 10.2. The Morgan fingerprint density at radius 3 is 2.80 bits per heavy atom. The highest BCUT2D eigenvalue weighted by Gasteiger charge is 2.10. The van der Waals surface area contributed by atoms with Crippen LogP contribution in [0, 0.1) is 6.92 Å². The Balaban J connectivity index is 1.93. The number of thiophene rings is 1. The molecular weight excluding hydrogens is 270 g/mol. The number of aromatic nitrogens is 2. The summed E-state index contributed by atoms with van der Waals surface area (Å²) in [5.41, 5.74) is 0.584. The SMILES string of the molecule is Cc1ccc(C(C)Nc2nc3ccccc3c(=O)[nH]2)s1. The summed E-state index contributed by atoms with van der Waals surface area (Å²) in [6, 6.07) is 11.6. The Hall–Kier alpha value is -2.14. The monoisotopic (exact) mass is 285 g/mol. The number of fused-ring (bicyclic) bond motifs is 1. The number of rotatable bonds is 3. The van der Waals surface area contributed by atoms with Gasteiger partial charge in [-0.2, -0.15) is 0 Å². The van der Waals surface area contributed by atoms with Crippen molar-refractivity contribution in [1.29, 1.82) is 0 Å². The molecule has 1 aromatic carbocycles. The van der Waals surface area contributed by atoms with E-state index >= 15 is 0 Å². The van der Waals surface area contributed by atoms with Crippen molar-refractivity contribution in [3.63, 3.8) is 0 Å². The van der Waals surface area contributed by atoms with Crippen molar-refractivity contribution in [2.45, 2.75) is 19.9 Å². The van der Waals surface area contributed by atoms with Gasteiger partial charge in [0.1, 0.15) is 0 Å². The van der Waals surface area contributed by atoms with Crippen LogP contribution in [-0.2, 0) is 0 Å². The Kier molecular flexibility index (Phi) is 3.28. The van der Waals surface area contributed by atoms with Gasteiger partial charge in [0.2, 0.25) is 5.95 Å². The zero-order chi connectivity index (χ0) is 14.1. The van der Waals surface area contributed by atoms with Crippen molar-refractivity contribution < 1.29 is 0 Å². The van der Waals surface area contributed by atoms with Gasteiger partial charge in [-0.05, 0) is 38.1 Å². The van der Waals surface area contributed by atoms with Gasteiger partial charge < -0.3 is 5.32 Å². The molecule has 0 spiro atoms. The van der Waals surface area contributed by atoms with Crippen molar-refractivity contribution in [3.05, 3.63) is 56.5 Å². The van der Waals surface area contributed by atoms with Gasteiger partial charge in [0.25, 0.3) is 5.56 Å². The number of hydrogen-bond acceptors (Lipinski definition) is 4. The van der Waals surface area contributed by atoms with Crippen LogP contribution in [0.2, 0.25) is 0 Å². The lowest BCUT2D eigenvalue weighted by molar-refractivity contribution is 0.881. The molecule has 0 saturated heterocycles. The Labute approximate surface area is 120 Å². The summed E-state index contributed by atoms with van der Waals surface area (Å²) < 4.78 is 0. The van der Waals surface area contributed by atoms with Gasteiger partial charge >= 0.3 is 0 Å². The van der Waals surface area contributed by atoms with Crippen molar-refractivity contribution in [2.75, 3.05) is 5.32 Å². The quantitative estimate of drug-likeness (QED) is 0.774. The van der Waals surface area contributed by atoms with Crippen LogP contribution in [0.5, 0.6) is 0 Å². The lowest BCUT2D eigenvalue weighted by Gasteiger charge is -2.12. The van der Waals surface area contributed by atoms with Crippen molar-refractivity contribution in [3.8, 4) is 0 Å². The summed E-state index contributed by atoms with van der Waals surface area (Å²) in [7, 11) is 0. The minimum Gasteiger partial charge on any atom is -0.348 e. The molecule has 0 aliphatic heterocycles. The molecule has 5 heteroatoms. The van der Waals surface area contributed by atoms with E-state index in [4.69, 9.17) is 0 Å². The second-order valence-electron chi connectivity index (χ2n) is 4.75. The fourth-order valence-corrected chi connectivity index (χ4v) is 3.00. The topological polar surface area (TPSA) is 57.8 Å². The predicted molar refractivity (Wildman–Crippen MR) is 83.5 cm³/mol. The fraction of sp³-hybridized carbons (Fsp3) is 0.200. The second kappa shape index (κ2) is 5.09. The number of H-pyrrole nitrogens is 1. The number of nitrogens with one attached hydrogen (secondary N) is 2. The average Bonchev–Trinajstić information content (AvgIpc) is 2.86. The van der Waals surface area contributed by atoms with Crippen LogP contribution in [0.25, 0.3) is 10.9 Å². The molecule has 0 saturated carbocycles. The Morgan fingerprint density at radius 2 is 2.05 bits per heavy atom. The molecule has 0 aliphatic rings. The average molecular weight is 285 g/mol. The van der Waals surface area contributed by atoms with E-state index in [2.05, 4.69) is 41.3 Å². The van der Waals surface area contributed by atoms with Crippen LogP contribution >= 0.6 is 11.3 Å². The maximum atomic E-state index is 12.0. The molecule has 0 aliphatic carbocycles. The van der Waals surface area contributed by atoms with Gasteiger partial charge in [0, 0.05) is 9.75 Å². The molecule has 3 aromatic rings. The van der Waals surface area contributed by atoms with Gasteiger partial charge in [0.15, 0.2) is 0 Å². The molecule has 0 amide bonds. The standard InChI is InChI=1S/C15H15N3OS/c1-9-7-8-13(20-9)10(2)16-15-17-12-6-4-3-5-11(12)14(19)18-15/h3-8,10H,1-2H3,(H2,16,17,18,19). The minimum atomic E-state index is -0.118. The van der Waals surface area contributed by atoms with Crippen molar-refractivity contribution >= 4 is 28.2 Å². The fourth-order valence-electron chi connectivity index (χ4n) is 2.12. The third-order valence-electron chi connectivity index (χ3n) is 3.15. The molecule has 0 radical (unpaired) electrons. The zero-order valence-electron chi connectivity index (χ0n) is 11.3. The highest BCUT2D eigenvalue weighted by molar-refractivity contribution is 7.12. The number of nitrogens with zero attached hydrogens (tertiary/aromatic N) is 1. The molecule has 1 unspecified atom stereocenters. The van der Waals surface area contributed by atoms with Crippen LogP contribution in [-0.4, -0.2) is 9.97 Å². The van der Waals surface area contributed by atoms with E-state index in [0.717, 1.165) is 0 Å². The van der Waals surface area contributed by atoms with E-state index < -0.39 is 0 Å². The van der Waals surface area contributed by atoms with Gasteiger partial charge in [-0.25, -0.2) is 4.98 Å². The predicted octanol–water partition coefficient (Wildman–Crippen LogP) is 3.47. The third kappa shape index (κ3) is 2.44. The molecule has 0 bridgehead atoms. The molecule has 102 valence electrons. The first-order chi connectivity index (χ1) is 9.63. The molecule has 1 atom stereocenters. The highest BCUT2D eigenvalue weighted by Crippen LogP contribution is 2.24. The summed E-state index contributed by atoms with van der Waals surface area (Å²) in [5, 5.41) is 3.86. The molecule has 2 heterocycles. The Morgan fingerprint density at radius 1 is 1.25 bits per heavy atom. The molecule has 2 aromatic heterocycles. The van der Waals surface area contributed by atoms with Crippen LogP contribution in [0.15, 0.2) is 41.2 Å². The van der Waals surface area contributed by atoms with E-state index in [1.165, 1.54) is 9.75 Å². The van der Waals surface area contributed by atoms with E-state index in [-0.39, 0.29) is 11.6 Å². The minimum absolute atomic E-state index is 0.109. The van der Waals surface area contributed by atoms with E-state index in [0.29, 0.717) is 16.9 Å². The van der Waals surface area contributed by atoms with Crippen LogP contribution in [0.1, 0.15) is 22.7 Å². The molecule has 20 heavy (non-hydrogen) atoms. The maximum Gasteiger partial charge on any atom is 0.260 e. The second-order valence-corrected chi connectivity index (χ2v) is 6.07. The molecular formula is C15H15N3OS. The first-order valence-corrected chi connectivity index (χ1v) is 7.27. The summed E-state index contributed by atoms with van der Waals surface area (Å²) in [4.78, 5) is 21.7. The summed E-state index contributed by atoms with van der Waals surface area (Å²) in [6.45, 7) is 4.14. The molecule has 2 N–H and O–H groups in total. The van der Waals surface area contributed by atoms with Gasteiger partial charge in [-0.3, -0.25) is 9.78 Å². The Bertz CT molecular complexity index is 806. The largest absolute Gasteiger partial charge is 0.348 e. The summed E-state index contributed by atoms with van der Waals surface area (Å²) in [6.07, 6.45) is 0. The zero-order valence-corrected chi connectivity index (χ0v) is 12.1. The lowest BCUT2D eigenvalue weighted by Crippen LogP contribution is -2.15. The van der Waals surface area contributed by atoms with Gasteiger partial charge in [-0.1, -0.05) is 12.1 Å². The number of aryl methyl sites for hydroxylation is 1. The highest BCUT2D eigenvalue weighted by atomic mass is 32.1. The third-order valence-corrected chi connectivity index (χ3v) is 4.34. The number of hydrogen-bond donors (Lipinski definition) is 2. The number of benzene rings is 1. The normalized spacial score (nSPS) is 12.5. The molecule has 4 nitrogen and oxygen atoms in total. The van der Waals surface area contributed by atoms with Crippen LogP contribution in [0.3, 0.4) is 0 Å². The van der Waals surface area contributed by atoms with Crippen LogP contribution < -0.4 is 10.9 Å². The number of para-hydroxylation sites is 1. The van der Waals surface area contributed by atoms with Crippen molar-refractivity contribution in [2.24, 2.45) is 0 Å². The van der Waals surface area contributed by atoms with E-state index in [9.17, 15) is 4.79 Å². The summed E-state index contributed by atoms with van der Waals surface area (Å²) >= 11 is 1.74. The number of anilines is 1. The van der Waals surface area contributed by atoms with Gasteiger partial charge in [-0.15, -0.1) is 11.3 Å². The van der Waals surface area contributed by atoms with E-state index in [1.54, 1.807) is 17.4 Å². The smallest absolute Gasteiger partial charge is 0.260 e. The van der Waals surface area contributed by atoms with E-state index in [1.807, 2.05) is 18.2 Å². The molecule has 3 rings (SSSR count). The first-order valence-electron chi connectivity index (χ1n) is 6.45. The van der Waals surface area contributed by atoms with Crippen molar-refractivity contribution in [1.82, 2.24) is 9.97 Å². The van der Waals surface area contributed by atoms with Gasteiger partial charge in [0.05, 0.1) is 16.9 Å². The first kappa shape index (κ1) is 12.9. The van der Waals surface area contributed by atoms with Crippen LogP contribution in [0.4, 0.5) is 5.95 Å². The summed E-state index contributed by atoms with van der Waals surface area (Å²) in [5.74, 6) is 0.507. The maximum absolute atomic E-state index is 12.0.